The van der Waals surface area contributed by atoms with E-state index in [2.05, 4.69) is 20.7 Å². The molecule has 3 rings (SSSR count). The smallest absolute Gasteiger partial charge is 0.342 e. The maximum Gasteiger partial charge on any atom is 0.342 e. The van der Waals surface area contributed by atoms with E-state index in [-0.39, 0.29) is 12.1 Å². The zero-order valence-corrected chi connectivity index (χ0v) is 14.0. The number of rotatable bonds is 6. The van der Waals surface area contributed by atoms with Crippen molar-refractivity contribution in [3.05, 3.63) is 86.7 Å². The molecule has 1 heterocycles. The minimum absolute atomic E-state index is 0.111. The van der Waals surface area contributed by atoms with Gasteiger partial charge < -0.3 is 4.74 Å². The summed E-state index contributed by atoms with van der Waals surface area (Å²) in [5.74, 6) is 0.784. The van der Waals surface area contributed by atoms with Crippen molar-refractivity contribution in [1.82, 2.24) is 20.6 Å². The first-order chi connectivity index (χ1) is 13.1. The van der Waals surface area contributed by atoms with E-state index in [1.165, 1.54) is 6.21 Å². The van der Waals surface area contributed by atoms with Gasteiger partial charge in [0.15, 0.2) is 0 Å². The Labute approximate surface area is 152 Å². The van der Waals surface area contributed by atoms with E-state index in [4.69, 9.17) is 4.74 Å². The number of nitrogens with zero attached hydrogens (tertiary/aromatic N) is 2. The highest BCUT2D eigenvalue weighted by Crippen LogP contribution is 2.21. The van der Waals surface area contributed by atoms with Gasteiger partial charge in [0.25, 0.3) is 5.56 Å². The van der Waals surface area contributed by atoms with Gasteiger partial charge in [-0.2, -0.15) is 10.2 Å². The van der Waals surface area contributed by atoms with Crippen LogP contribution in [0.4, 0.5) is 0 Å². The van der Waals surface area contributed by atoms with Crippen molar-refractivity contribution >= 4 is 12.1 Å². The largest absolute Gasteiger partial charge is 0.457 e. The first-order valence-electron chi connectivity index (χ1n) is 7.93. The summed E-state index contributed by atoms with van der Waals surface area (Å²) in [5, 5.41) is 9.43. The van der Waals surface area contributed by atoms with Crippen molar-refractivity contribution in [3.63, 3.8) is 0 Å². The first kappa shape index (κ1) is 17.8. The molecule has 9 nitrogen and oxygen atoms in total. The summed E-state index contributed by atoms with van der Waals surface area (Å²) >= 11 is 0. The first-order valence-corrected chi connectivity index (χ1v) is 7.93. The van der Waals surface area contributed by atoms with Crippen LogP contribution in [0.2, 0.25) is 0 Å². The molecule has 0 aliphatic rings. The lowest BCUT2D eigenvalue weighted by atomic mass is 10.2. The maximum atomic E-state index is 11.8. The van der Waals surface area contributed by atoms with Crippen LogP contribution in [-0.2, 0) is 11.2 Å². The highest BCUT2D eigenvalue weighted by Gasteiger charge is 2.08. The molecular weight excluding hydrogens is 350 g/mol. The monoisotopic (exact) mass is 365 g/mol. The number of aromatic nitrogens is 3. The molecule has 0 aliphatic carbocycles. The van der Waals surface area contributed by atoms with Gasteiger partial charge in [0.2, 0.25) is 5.91 Å². The van der Waals surface area contributed by atoms with E-state index in [9.17, 15) is 14.4 Å². The Balaban J connectivity index is 1.59. The van der Waals surface area contributed by atoms with Gasteiger partial charge in [-0.05, 0) is 29.8 Å². The summed E-state index contributed by atoms with van der Waals surface area (Å²) in [6.07, 6.45) is 1.13. The standard InChI is InChI=1S/C18H15N5O4/c24-16(10-15-17(25)20-18(26)23-21-15)22-19-11-12-5-4-8-14(9-12)27-13-6-2-1-3-7-13/h1-9,11H,10H2,(H,22,24)(H2,20,23,25,26)/b19-11-. The fourth-order valence-corrected chi connectivity index (χ4v) is 2.15. The van der Waals surface area contributed by atoms with Crippen LogP contribution in [0.5, 0.6) is 11.5 Å². The molecule has 9 heteroatoms. The summed E-state index contributed by atoms with van der Waals surface area (Å²) in [4.78, 5) is 36.2. The highest BCUT2D eigenvalue weighted by molar-refractivity contribution is 5.83. The van der Waals surface area contributed by atoms with Crippen LogP contribution in [0, 0.1) is 0 Å². The van der Waals surface area contributed by atoms with Crippen molar-refractivity contribution in [2.45, 2.75) is 6.42 Å². The number of hydrazone groups is 1. The lowest BCUT2D eigenvalue weighted by molar-refractivity contribution is -0.120. The number of aromatic amines is 2. The lowest BCUT2D eigenvalue weighted by Crippen LogP contribution is -2.31. The fourth-order valence-electron chi connectivity index (χ4n) is 2.15. The summed E-state index contributed by atoms with van der Waals surface area (Å²) in [5.41, 5.74) is 1.44. The van der Waals surface area contributed by atoms with Gasteiger partial charge in [-0.15, -0.1) is 0 Å². The van der Waals surface area contributed by atoms with Crippen LogP contribution >= 0.6 is 0 Å². The minimum Gasteiger partial charge on any atom is -0.457 e. The Morgan fingerprint density at radius 2 is 1.89 bits per heavy atom. The number of carbonyl (C=O) groups is 1. The van der Waals surface area contributed by atoms with Crippen molar-refractivity contribution in [2.75, 3.05) is 0 Å². The van der Waals surface area contributed by atoms with Crippen molar-refractivity contribution in [1.29, 1.82) is 0 Å². The van der Waals surface area contributed by atoms with E-state index in [0.29, 0.717) is 17.1 Å². The zero-order valence-electron chi connectivity index (χ0n) is 14.0. The van der Waals surface area contributed by atoms with Gasteiger partial charge in [0.05, 0.1) is 12.6 Å². The summed E-state index contributed by atoms with van der Waals surface area (Å²) in [6, 6.07) is 16.5. The number of benzene rings is 2. The molecule has 0 fully saturated rings. The lowest BCUT2D eigenvalue weighted by Gasteiger charge is -2.05. The molecule has 0 spiro atoms. The SMILES string of the molecule is O=C(Cc1n[nH]c(=O)[nH]c1=O)N/N=C\c1cccc(Oc2ccccc2)c1. The van der Waals surface area contributed by atoms with Crippen molar-refractivity contribution in [3.8, 4) is 11.5 Å². The molecule has 27 heavy (non-hydrogen) atoms. The third-order valence-electron chi connectivity index (χ3n) is 3.35. The minimum atomic E-state index is -0.736. The molecule has 2 aromatic carbocycles. The number of amides is 1. The van der Waals surface area contributed by atoms with Crippen LogP contribution < -0.4 is 21.4 Å². The Morgan fingerprint density at radius 1 is 1.11 bits per heavy atom. The molecule has 136 valence electrons. The van der Waals surface area contributed by atoms with Gasteiger partial charge in [0, 0.05) is 0 Å². The van der Waals surface area contributed by atoms with Crippen molar-refractivity contribution in [2.24, 2.45) is 5.10 Å². The third kappa shape index (κ3) is 5.23. The average Bonchev–Trinajstić information content (AvgIpc) is 2.65. The molecule has 0 bridgehead atoms. The van der Waals surface area contributed by atoms with E-state index in [1.54, 1.807) is 24.3 Å². The quantitative estimate of drug-likeness (QED) is 0.442. The number of hydrogen-bond acceptors (Lipinski definition) is 6. The van der Waals surface area contributed by atoms with Crippen LogP contribution in [0.3, 0.4) is 0 Å². The summed E-state index contributed by atoms with van der Waals surface area (Å²) < 4.78 is 5.72. The van der Waals surface area contributed by atoms with Gasteiger partial charge in [-0.25, -0.2) is 15.3 Å². The normalized spacial score (nSPS) is 10.7. The van der Waals surface area contributed by atoms with E-state index in [1.807, 2.05) is 35.3 Å². The number of hydrogen-bond donors (Lipinski definition) is 3. The molecule has 0 radical (unpaired) electrons. The van der Waals surface area contributed by atoms with Gasteiger partial charge in [-0.1, -0.05) is 30.3 Å². The average molecular weight is 365 g/mol. The molecule has 3 aromatic rings. The Morgan fingerprint density at radius 3 is 2.67 bits per heavy atom. The van der Waals surface area contributed by atoms with E-state index < -0.39 is 17.2 Å². The predicted molar refractivity (Wildman–Crippen MR) is 97.9 cm³/mol. The summed E-state index contributed by atoms with van der Waals surface area (Å²) in [7, 11) is 0. The Hall–Kier alpha value is -4.01. The maximum absolute atomic E-state index is 11.8. The molecule has 0 saturated carbocycles. The number of para-hydroxylation sites is 1. The van der Waals surface area contributed by atoms with Gasteiger partial charge in [-0.3, -0.25) is 14.6 Å². The van der Waals surface area contributed by atoms with E-state index >= 15 is 0 Å². The molecular formula is C18H15N5O4. The number of ether oxygens (including phenoxy) is 1. The number of H-pyrrole nitrogens is 2. The second-order valence-electron chi connectivity index (χ2n) is 5.41. The fraction of sp³-hybridized carbons (Fsp3) is 0.0556. The molecule has 0 saturated heterocycles. The Kier molecular flexibility index (Phi) is 5.53. The van der Waals surface area contributed by atoms with Crippen molar-refractivity contribution < 1.29 is 9.53 Å². The molecule has 1 aromatic heterocycles. The van der Waals surface area contributed by atoms with Crippen LogP contribution in [-0.4, -0.2) is 27.3 Å². The number of nitrogens with one attached hydrogen (secondary N) is 3. The highest BCUT2D eigenvalue weighted by atomic mass is 16.5. The molecule has 1 amide bonds. The molecule has 0 atom stereocenters. The second kappa shape index (κ2) is 8.39. The molecule has 3 N–H and O–H groups in total. The zero-order chi connectivity index (χ0) is 19.1. The Bertz CT molecular complexity index is 1070. The predicted octanol–water partition coefficient (Wildman–Crippen LogP) is 0.943. The third-order valence-corrected chi connectivity index (χ3v) is 3.35. The van der Waals surface area contributed by atoms with Crippen LogP contribution in [0.25, 0.3) is 0 Å². The van der Waals surface area contributed by atoms with Gasteiger partial charge >= 0.3 is 5.69 Å². The van der Waals surface area contributed by atoms with Crippen LogP contribution in [0.1, 0.15) is 11.3 Å². The number of carbonyl (C=O) groups excluding carboxylic acids is 1. The molecule has 0 aliphatic heterocycles. The van der Waals surface area contributed by atoms with E-state index in [0.717, 1.165) is 0 Å². The topological polar surface area (TPSA) is 129 Å². The van der Waals surface area contributed by atoms with Crippen LogP contribution in [0.15, 0.2) is 69.3 Å². The summed E-state index contributed by atoms with van der Waals surface area (Å²) in [6.45, 7) is 0. The molecule has 0 unspecified atom stereocenters. The van der Waals surface area contributed by atoms with Gasteiger partial charge in [0.1, 0.15) is 17.2 Å². The second-order valence-corrected chi connectivity index (χ2v) is 5.41.